The zero-order valence-corrected chi connectivity index (χ0v) is 30.9. The number of rotatable bonds is 5. The Kier molecular flexibility index (Phi) is 7.13. The van der Waals surface area contributed by atoms with E-state index < -0.39 is 0 Å². The van der Waals surface area contributed by atoms with Gasteiger partial charge in [0, 0.05) is 39.1 Å². The van der Waals surface area contributed by atoms with Gasteiger partial charge in [0.15, 0.2) is 23.1 Å². The van der Waals surface area contributed by atoms with E-state index in [1.807, 2.05) is 84.9 Å². The molecule has 12 aromatic rings. The van der Waals surface area contributed by atoms with E-state index in [-0.39, 0.29) is 0 Å². The van der Waals surface area contributed by atoms with Crippen LogP contribution in [0.15, 0.2) is 191 Å². The smallest absolute Gasteiger partial charge is 0.227 e. The summed E-state index contributed by atoms with van der Waals surface area (Å²) in [7, 11) is 0. The van der Waals surface area contributed by atoms with Gasteiger partial charge in [0.2, 0.25) is 5.89 Å². The second-order valence-electron chi connectivity index (χ2n) is 14.6. The molecule has 0 unspecified atom stereocenters. The molecule has 0 spiro atoms. The van der Waals surface area contributed by atoms with Gasteiger partial charge in [-0.2, -0.15) is 0 Å². The van der Waals surface area contributed by atoms with E-state index >= 15 is 0 Å². The third-order valence-corrected chi connectivity index (χ3v) is 11.1. The second-order valence-corrected chi connectivity index (χ2v) is 14.6. The quantitative estimate of drug-likeness (QED) is 0.163. The summed E-state index contributed by atoms with van der Waals surface area (Å²) in [4.78, 5) is 20.3. The molecule has 12 rings (SSSR count). The van der Waals surface area contributed by atoms with E-state index in [0.29, 0.717) is 28.9 Å². The molecule has 3 aromatic heterocycles. The molecule has 3 heterocycles. The van der Waals surface area contributed by atoms with Crippen LogP contribution in [0.5, 0.6) is 0 Å². The normalized spacial score (nSPS) is 11.8. The van der Waals surface area contributed by atoms with E-state index in [4.69, 9.17) is 28.8 Å². The number of hydrogen-bond acceptors (Lipinski definition) is 6. The molecule has 0 saturated heterocycles. The number of fused-ring (bicyclic) bond motifs is 8. The highest BCUT2D eigenvalue weighted by Crippen LogP contribution is 2.43. The maximum atomic E-state index is 6.59. The van der Waals surface area contributed by atoms with Crippen LogP contribution in [0, 0.1) is 0 Å². The van der Waals surface area contributed by atoms with E-state index in [0.717, 1.165) is 93.2 Å². The number of para-hydroxylation sites is 1. The van der Waals surface area contributed by atoms with E-state index in [1.54, 1.807) is 0 Å². The summed E-state index contributed by atoms with van der Waals surface area (Å²) in [5, 5.41) is 8.68. The minimum absolute atomic E-state index is 0.558. The lowest BCUT2D eigenvalue weighted by Gasteiger charge is -2.16. The molecular weight excluding hydrogens is 713 g/mol. The van der Waals surface area contributed by atoms with Crippen molar-refractivity contribution in [2.45, 2.75) is 0 Å². The molecule has 58 heavy (non-hydrogen) atoms. The van der Waals surface area contributed by atoms with Crippen LogP contribution in [-0.2, 0) is 0 Å². The minimum Gasteiger partial charge on any atom is -0.456 e. The van der Waals surface area contributed by atoms with Gasteiger partial charge in [0.25, 0.3) is 0 Å². The van der Waals surface area contributed by atoms with E-state index in [1.165, 1.54) is 0 Å². The van der Waals surface area contributed by atoms with Gasteiger partial charge in [-0.3, -0.25) is 0 Å². The molecule has 0 aliphatic heterocycles. The Morgan fingerprint density at radius 1 is 0.310 bits per heavy atom. The Morgan fingerprint density at radius 2 is 0.948 bits per heavy atom. The minimum atomic E-state index is 0.558. The van der Waals surface area contributed by atoms with Crippen molar-refractivity contribution < 1.29 is 8.83 Å². The van der Waals surface area contributed by atoms with Gasteiger partial charge in [0.05, 0.1) is 0 Å². The van der Waals surface area contributed by atoms with Crippen LogP contribution in [0.25, 0.3) is 122 Å². The van der Waals surface area contributed by atoms with Crippen LogP contribution in [0.2, 0.25) is 0 Å². The Bertz CT molecular complexity index is 3510. The lowest BCUT2D eigenvalue weighted by molar-refractivity contribution is 0.618. The molecule has 270 valence electrons. The van der Waals surface area contributed by atoms with Crippen LogP contribution in [-0.4, -0.2) is 19.9 Å². The number of nitrogens with zero attached hydrogens (tertiary/aromatic N) is 4. The van der Waals surface area contributed by atoms with Gasteiger partial charge in [-0.1, -0.05) is 146 Å². The number of hydrogen-bond donors (Lipinski definition) is 0. The highest BCUT2D eigenvalue weighted by molar-refractivity contribution is 6.19. The number of furan rings is 1. The first-order valence-electron chi connectivity index (χ1n) is 19.3. The lowest BCUT2D eigenvalue weighted by atomic mass is 9.89. The van der Waals surface area contributed by atoms with Crippen molar-refractivity contribution in [1.82, 2.24) is 19.9 Å². The number of oxazole rings is 1. The molecule has 0 N–H and O–H groups in total. The first-order chi connectivity index (χ1) is 28.7. The molecule has 9 aromatic carbocycles. The molecule has 0 atom stereocenters. The van der Waals surface area contributed by atoms with E-state index in [2.05, 4.69) is 97.1 Å². The molecule has 0 bridgehead atoms. The standard InChI is InChI=1S/C52H30N4O2/c1-3-14-32(15-4-1)49-54-50(33-16-5-2-6-17-33)56-51(55-49)41-26-25-38(48-37-20-10-7-13-31(37)23-24-40(41)48)35-27-34-18-8-9-19-36(34)43(28-35)52-53-44-29-42-39-21-11-12-22-45(39)57-46(42)30-47(44)58-52/h1-30H. The van der Waals surface area contributed by atoms with Crippen LogP contribution in [0.3, 0.4) is 0 Å². The van der Waals surface area contributed by atoms with Crippen molar-refractivity contribution in [2.75, 3.05) is 0 Å². The van der Waals surface area contributed by atoms with Crippen molar-refractivity contribution in [3.8, 4) is 56.7 Å². The van der Waals surface area contributed by atoms with Crippen molar-refractivity contribution in [2.24, 2.45) is 0 Å². The highest BCUT2D eigenvalue weighted by atomic mass is 16.4. The molecule has 0 aliphatic rings. The summed E-state index contributed by atoms with van der Waals surface area (Å²) >= 11 is 0. The average molecular weight is 743 g/mol. The molecule has 0 fully saturated rings. The summed E-state index contributed by atoms with van der Waals surface area (Å²) in [6.07, 6.45) is 0. The zero-order chi connectivity index (χ0) is 38.2. The van der Waals surface area contributed by atoms with Crippen molar-refractivity contribution in [1.29, 1.82) is 0 Å². The van der Waals surface area contributed by atoms with Crippen molar-refractivity contribution in [3.63, 3.8) is 0 Å². The first kappa shape index (κ1) is 32.3. The Labute approximate surface area is 331 Å². The average Bonchev–Trinajstić information content (AvgIpc) is 3.88. The van der Waals surface area contributed by atoms with Crippen LogP contribution < -0.4 is 0 Å². The maximum Gasteiger partial charge on any atom is 0.227 e. The molecule has 0 saturated carbocycles. The predicted molar refractivity (Wildman–Crippen MR) is 234 cm³/mol. The van der Waals surface area contributed by atoms with E-state index in [9.17, 15) is 0 Å². The number of aromatic nitrogens is 4. The molecule has 6 nitrogen and oxygen atoms in total. The molecular formula is C52H30N4O2. The fraction of sp³-hybridized carbons (Fsp3) is 0. The Hall–Kier alpha value is -7.96. The fourth-order valence-electron chi connectivity index (χ4n) is 8.40. The van der Waals surface area contributed by atoms with Gasteiger partial charge in [-0.15, -0.1) is 0 Å². The maximum absolute atomic E-state index is 6.59. The lowest BCUT2D eigenvalue weighted by Crippen LogP contribution is -2.01. The predicted octanol–water partition coefficient (Wildman–Crippen LogP) is 13.7. The van der Waals surface area contributed by atoms with Crippen LogP contribution >= 0.6 is 0 Å². The SMILES string of the molecule is c1ccc(-c2nc(-c3ccccc3)nc(-c3ccc(-c4cc(-c5nc6cc7c(cc6o5)oc5ccccc57)c5ccccc5c4)c4c3ccc3ccccc34)n2)cc1. The van der Waals surface area contributed by atoms with Gasteiger partial charge in [-0.05, 0) is 73.8 Å². The largest absolute Gasteiger partial charge is 0.456 e. The third kappa shape index (κ3) is 5.20. The third-order valence-electron chi connectivity index (χ3n) is 11.1. The molecule has 6 heteroatoms. The Morgan fingerprint density at radius 3 is 1.72 bits per heavy atom. The van der Waals surface area contributed by atoms with Gasteiger partial charge >= 0.3 is 0 Å². The highest BCUT2D eigenvalue weighted by Gasteiger charge is 2.21. The number of benzene rings is 9. The monoisotopic (exact) mass is 742 g/mol. The topological polar surface area (TPSA) is 77.8 Å². The van der Waals surface area contributed by atoms with Crippen molar-refractivity contribution in [3.05, 3.63) is 182 Å². The molecule has 0 radical (unpaired) electrons. The molecule has 0 aliphatic carbocycles. The van der Waals surface area contributed by atoms with Gasteiger partial charge in [0.1, 0.15) is 16.7 Å². The summed E-state index contributed by atoms with van der Waals surface area (Å²) in [5.74, 6) is 2.42. The summed E-state index contributed by atoms with van der Waals surface area (Å²) in [6.45, 7) is 0. The van der Waals surface area contributed by atoms with Crippen LogP contribution in [0.1, 0.15) is 0 Å². The molecule has 0 amide bonds. The van der Waals surface area contributed by atoms with Crippen LogP contribution in [0.4, 0.5) is 0 Å². The fourth-order valence-corrected chi connectivity index (χ4v) is 8.40. The summed E-state index contributed by atoms with van der Waals surface area (Å²) in [5.41, 5.74) is 8.93. The Balaban J connectivity index is 1.09. The summed E-state index contributed by atoms with van der Waals surface area (Å²) in [6, 6.07) is 62.5. The summed E-state index contributed by atoms with van der Waals surface area (Å²) < 4.78 is 12.8. The second kappa shape index (κ2) is 12.8. The van der Waals surface area contributed by atoms with Gasteiger partial charge in [-0.25, -0.2) is 19.9 Å². The van der Waals surface area contributed by atoms with Crippen molar-refractivity contribution >= 4 is 65.4 Å². The first-order valence-corrected chi connectivity index (χ1v) is 19.3. The zero-order valence-electron chi connectivity index (χ0n) is 30.9. The van der Waals surface area contributed by atoms with Gasteiger partial charge < -0.3 is 8.83 Å².